The SMILES string of the molecule is CCC1CCCC(OC2CCCCCC2NC)C1. The monoisotopic (exact) mass is 253 g/mol. The summed E-state index contributed by atoms with van der Waals surface area (Å²) in [5, 5.41) is 3.48. The molecule has 106 valence electrons. The van der Waals surface area contributed by atoms with Crippen LogP contribution in [0.1, 0.15) is 71.1 Å². The molecule has 1 N–H and O–H groups in total. The Morgan fingerprint density at radius 2 is 1.83 bits per heavy atom. The molecule has 2 rings (SSSR count). The van der Waals surface area contributed by atoms with Crippen LogP contribution in [0.25, 0.3) is 0 Å². The van der Waals surface area contributed by atoms with Crippen molar-refractivity contribution < 1.29 is 4.74 Å². The summed E-state index contributed by atoms with van der Waals surface area (Å²) in [6.07, 6.45) is 14.4. The summed E-state index contributed by atoms with van der Waals surface area (Å²) in [7, 11) is 2.10. The van der Waals surface area contributed by atoms with E-state index >= 15 is 0 Å². The van der Waals surface area contributed by atoms with Crippen LogP contribution in [0.2, 0.25) is 0 Å². The molecule has 0 heterocycles. The van der Waals surface area contributed by atoms with Crippen molar-refractivity contribution in [3.63, 3.8) is 0 Å². The number of hydrogen-bond donors (Lipinski definition) is 1. The van der Waals surface area contributed by atoms with Crippen molar-refractivity contribution in [2.24, 2.45) is 5.92 Å². The minimum absolute atomic E-state index is 0.470. The van der Waals surface area contributed by atoms with Crippen molar-refractivity contribution in [1.82, 2.24) is 5.32 Å². The van der Waals surface area contributed by atoms with Gasteiger partial charge in [0.15, 0.2) is 0 Å². The Balaban J connectivity index is 1.85. The maximum atomic E-state index is 6.49. The van der Waals surface area contributed by atoms with Gasteiger partial charge in [0.2, 0.25) is 0 Å². The zero-order chi connectivity index (χ0) is 12.8. The molecule has 0 aromatic rings. The molecular weight excluding hydrogens is 222 g/mol. The summed E-state index contributed by atoms with van der Waals surface area (Å²) in [6, 6.07) is 0.592. The third-order valence-corrected chi connectivity index (χ3v) is 5.00. The predicted molar refractivity (Wildman–Crippen MR) is 76.8 cm³/mol. The second kappa shape index (κ2) is 7.49. The van der Waals surface area contributed by atoms with E-state index in [0.29, 0.717) is 18.2 Å². The summed E-state index contributed by atoms with van der Waals surface area (Å²) in [4.78, 5) is 0. The molecule has 0 radical (unpaired) electrons. The highest BCUT2D eigenvalue weighted by Crippen LogP contribution is 2.31. The Morgan fingerprint density at radius 3 is 2.61 bits per heavy atom. The lowest BCUT2D eigenvalue weighted by Crippen LogP contribution is -2.41. The molecule has 2 heteroatoms. The first-order valence-corrected chi connectivity index (χ1v) is 8.16. The molecule has 0 saturated heterocycles. The first-order chi connectivity index (χ1) is 8.83. The molecule has 2 nitrogen and oxygen atoms in total. The van der Waals surface area contributed by atoms with E-state index in [2.05, 4.69) is 19.3 Å². The maximum Gasteiger partial charge on any atom is 0.0731 e. The highest BCUT2D eigenvalue weighted by molar-refractivity contribution is 4.82. The summed E-state index contributed by atoms with van der Waals surface area (Å²) in [6.45, 7) is 2.33. The zero-order valence-electron chi connectivity index (χ0n) is 12.3. The lowest BCUT2D eigenvalue weighted by atomic mass is 9.85. The molecule has 4 unspecified atom stereocenters. The van der Waals surface area contributed by atoms with E-state index in [0.717, 1.165) is 5.92 Å². The predicted octanol–water partition coefficient (Wildman–Crippen LogP) is 3.89. The van der Waals surface area contributed by atoms with Gasteiger partial charge in [-0.3, -0.25) is 0 Å². The van der Waals surface area contributed by atoms with Gasteiger partial charge in [-0.2, -0.15) is 0 Å². The van der Waals surface area contributed by atoms with E-state index in [1.54, 1.807) is 0 Å². The second-order valence-corrected chi connectivity index (χ2v) is 6.27. The van der Waals surface area contributed by atoms with Crippen LogP contribution < -0.4 is 5.32 Å². The fourth-order valence-corrected chi connectivity index (χ4v) is 3.75. The fourth-order valence-electron chi connectivity index (χ4n) is 3.75. The molecular formula is C16H31NO. The van der Waals surface area contributed by atoms with Gasteiger partial charge in [-0.25, -0.2) is 0 Å². The summed E-state index contributed by atoms with van der Waals surface area (Å²) < 4.78 is 6.49. The molecule has 2 aliphatic rings. The number of likely N-dealkylation sites (N-methyl/N-ethyl adjacent to an activating group) is 1. The first-order valence-electron chi connectivity index (χ1n) is 8.16. The van der Waals surface area contributed by atoms with E-state index in [4.69, 9.17) is 4.74 Å². The molecule has 18 heavy (non-hydrogen) atoms. The van der Waals surface area contributed by atoms with Crippen molar-refractivity contribution in [1.29, 1.82) is 0 Å². The van der Waals surface area contributed by atoms with Gasteiger partial charge < -0.3 is 10.1 Å². The highest BCUT2D eigenvalue weighted by atomic mass is 16.5. The van der Waals surface area contributed by atoms with Gasteiger partial charge in [0.25, 0.3) is 0 Å². The van der Waals surface area contributed by atoms with Crippen LogP contribution in [-0.2, 0) is 4.74 Å². The molecule has 0 amide bonds. The highest BCUT2D eigenvalue weighted by Gasteiger charge is 2.28. The first kappa shape index (κ1) is 14.3. The third kappa shape index (κ3) is 3.96. The Labute approximate surface area is 113 Å². The number of nitrogens with one attached hydrogen (secondary N) is 1. The van der Waals surface area contributed by atoms with Gasteiger partial charge in [0.1, 0.15) is 0 Å². The van der Waals surface area contributed by atoms with E-state index < -0.39 is 0 Å². The molecule has 0 aromatic carbocycles. The maximum absolute atomic E-state index is 6.49. The molecule has 0 aliphatic heterocycles. The lowest BCUT2D eigenvalue weighted by molar-refractivity contribution is -0.0576. The zero-order valence-corrected chi connectivity index (χ0v) is 12.3. The largest absolute Gasteiger partial charge is 0.373 e. The van der Waals surface area contributed by atoms with Crippen LogP contribution in [0.4, 0.5) is 0 Å². The summed E-state index contributed by atoms with van der Waals surface area (Å²) in [5.74, 6) is 0.919. The van der Waals surface area contributed by atoms with Crippen LogP contribution in [0, 0.1) is 5.92 Å². The van der Waals surface area contributed by atoms with Gasteiger partial charge >= 0.3 is 0 Å². The van der Waals surface area contributed by atoms with Gasteiger partial charge in [-0.1, -0.05) is 45.4 Å². The standard InChI is InChI=1S/C16H31NO/c1-3-13-8-7-9-14(12-13)18-16-11-6-4-5-10-15(16)17-2/h13-17H,3-12H2,1-2H3. The average Bonchev–Trinajstić information content (AvgIpc) is 2.64. The van der Waals surface area contributed by atoms with Crippen LogP contribution in [0.5, 0.6) is 0 Å². The van der Waals surface area contributed by atoms with Gasteiger partial charge in [-0.05, 0) is 38.6 Å². The fraction of sp³-hybridized carbons (Fsp3) is 1.00. The van der Waals surface area contributed by atoms with Crippen molar-refractivity contribution in [2.75, 3.05) is 7.05 Å². The van der Waals surface area contributed by atoms with Crippen LogP contribution >= 0.6 is 0 Å². The molecule has 2 fully saturated rings. The van der Waals surface area contributed by atoms with Crippen LogP contribution in [-0.4, -0.2) is 25.3 Å². The smallest absolute Gasteiger partial charge is 0.0731 e. The number of ether oxygens (including phenoxy) is 1. The van der Waals surface area contributed by atoms with E-state index in [1.807, 2.05) is 0 Å². The van der Waals surface area contributed by atoms with E-state index in [-0.39, 0.29) is 0 Å². The minimum atomic E-state index is 0.470. The number of hydrogen-bond acceptors (Lipinski definition) is 2. The normalized spacial score (nSPS) is 38.3. The number of rotatable bonds is 4. The Morgan fingerprint density at radius 1 is 1.00 bits per heavy atom. The molecule has 0 spiro atoms. The van der Waals surface area contributed by atoms with E-state index in [9.17, 15) is 0 Å². The van der Waals surface area contributed by atoms with Crippen LogP contribution in [0.3, 0.4) is 0 Å². The Bertz CT molecular complexity index is 231. The van der Waals surface area contributed by atoms with Gasteiger partial charge in [0, 0.05) is 6.04 Å². The summed E-state index contributed by atoms with van der Waals surface area (Å²) >= 11 is 0. The van der Waals surface area contributed by atoms with Crippen molar-refractivity contribution in [3.8, 4) is 0 Å². The molecule has 0 aromatic heterocycles. The van der Waals surface area contributed by atoms with Gasteiger partial charge in [-0.15, -0.1) is 0 Å². The molecule has 4 atom stereocenters. The molecule has 2 saturated carbocycles. The topological polar surface area (TPSA) is 21.3 Å². The summed E-state index contributed by atoms with van der Waals surface area (Å²) in [5.41, 5.74) is 0. The van der Waals surface area contributed by atoms with Crippen molar-refractivity contribution >= 4 is 0 Å². The average molecular weight is 253 g/mol. The quantitative estimate of drug-likeness (QED) is 0.767. The van der Waals surface area contributed by atoms with Gasteiger partial charge in [0.05, 0.1) is 12.2 Å². The molecule has 0 bridgehead atoms. The Hall–Kier alpha value is -0.0800. The van der Waals surface area contributed by atoms with E-state index in [1.165, 1.54) is 64.2 Å². The van der Waals surface area contributed by atoms with Crippen molar-refractivity contribution in [3.05, 3.63) is 0 Å². The third-order valence-electron chi connectivity index (χ3n) is 5.00. The van der Waals surface area contributed by atoms with Crippen molar-refractivity contribution in [2.45, 2.75) is 89.4 Å². The van der Waals surface area contributed by atoms with Crippen LogP contribution in [0.15, 0.2) is 0 Å². The molecule has 2 aliphatic carbocycles. The minimum Gasteiger partial charge on any atom is -0.373 e. The Kier molecular flexibility index (Phi) is 5.97. The second-order valence-electron chi connectivity index (χ2n) is 6.27. The lowest BCUT2D eigenvalue weighted by Gasteiger charge is -2.34.